The molecule has 0 aliphatic carbocycles. The third kappa shape index (κ3) is 2.81. The van der Waals surface area contributed by atoms with Crippen molar-refractivity contribution in [3.63, 3.8) is 0 Å². The predicted octanol–water partition coefficient (Wildman–Crippen LogP) is 0.454. The van der Waals surface area contributed by atoms with E-state index in [0.29, 0.717) is 44.9 Å². The summed E-state index contributed by atoms with van der Waals surface area (Å²) >= 11 is 0. The van der Waals surface area contributed by atoms with Gasteiger partial charge in [-0.25, -0.2) is 4.79 Å². The highest BCUT2D eigenvalue weighted by Gasteiger charge is 2.45. The lowest BCUT2D eigenvalue weighted by atomic mass is 9.77. The second kappa shape index (κ2) is 6.10. The highest BCUT2D eigenvalue weighted by atomic mass is 16.5. The molecular formula is C14H24N2O4. The van der Waals surface area contributed by atoms with E-state index in [1.54, 1.807) is 4.90 Å². The van der Waals surface area contributed by atoms with Crippen LogP contribution < -0.4 is 5.73 Å². The fraction of sp³-hybridized carbons (Fsp3) is 0.857. The van der Waals surface area contributed by atoms with Crippen LogP contribution in [0.25, 0.3) is 0 Å². The highest BCUT2D eigenvalue weighted by molar-refractivity contribution is 5.88. The van der Waals surface area contributed by atoms with E-state index in [1.807, 2.05) is 6.92 Å². The molecular weight excluding hydrogens is 260 g/mol. The molecule has 2 unspecified atom stereocenters. The minimum atomic E-state index is -0.913. The van der Waals surface area contributed by atoms with E-state index in [2.05, 4.69) is 0 Å². The van der Waals surface area contributed by atoms with Crippen LogP contribution in [0.15, 0.2) is 0 Å². The van der Waals surface area contributed by atoms with E-state index in [4.69, 9.17) is 10.5 Å². The molecule has 1 amide bonds. The number of hydrogen-bond donors (Lipinski definition) is 2. The molecule has 0 radical (unpaired) electrons. The van der Waals surface area contributed by atoms with Gasteiger partial charge in [0, 0.05) is 26.3 Å². The Morgan fingerprint density at radius 2 is 2.05 bits per heavy atom. The first-order valence-corrected chi connectivity index (χ1v) is 7.32. The summed E-state index contributed by atoms with van der Waals surface area (Å²) in [5.74, 6) is -0.671. The molecule has 0 aromatic heterocycles. The van der Waals surface area contributed by atoms with Crippen molar-refractivity contribution in [2.24, 2.45) is 17.1 Å². The average Bonchev–Trinajstić information content (AvgIpc) is 2.47. The van der Waals surface area contributed by atoms with E-state index in [1.165, 1.54) is 0 Å². The maximum atomic E-state index is 12.9. The van der Waals surface area contributed by atoms with E-state index in [9.17, 15) is 14.7 Å². The summed E-state index contributed by atoms with van der Waals surface area (Å²) < 4.78 is 5.31. The number of nitrogens with zero attached hydrogens (tertiary/aromatic N) is 1. The average molecular weight is 284 g/mol. The van der Waals surface area contributed by atoms with Crippen molar-refractivity contribution >= 4 is 11.9 Å². The molecule has 0 aromatic carbocycles. The van der Waals surface area contributed by atoms with Crippen LogP contribution in [0.1, 0.15) is 32.6 Å². The highest BCUT2D eigenvalue weighted by Crippen LogP contribution is 2.34. The van der Waals surface area contributed by atoms with Gasteiger partial charge in [-0.3, -0.25) is 4.79 Å². The molecule has 2 rings (SSSR count). The van der Waals surface area contributed by atoms with Crippen molar-refractivity contribution in [2.45, 2.75) is 38.6 Å². The Kier molecular flexibility index (Phi) is 4.65. The number of piperidine rings is 1. The maximum Gasteiger partial charge on any atom is 0.326 e. The topological polar surface area (TPSA) is 92.9 Å². The molecule has 114 valence electrons. The Morgan fingerprint density at radius 3 is 2.60 bits per heavy atom. The molecule has 2 saturated heterocycles. The quantitative estimate of drug-likeness (QED) is 0.785. The van der Waals surface area contributed by atoms with Gasteiger partial charge >= 0.3 is 5.97 Å². The summed E-state index contributed by atoms with van der Waals surface area (Å²) in [5, 5.41) is 9.38. The fourth-order valence-electron chi connectivity index (χ4n) is 3.19. The molecule has 2 heterocycles. The van der Waals surface area contributed by atoms with Crippen molar-refractivity contribution in [3.8, 4) is 0 Å². The first-order chi connectivity index (χ1) is 9.50. The SMILES string of the molecule is CC1CCN(C(=O)C2(CN)CCOCC2)C(C(=O)O)C1. The number of hydrogen-bond acceptors (Lipinski definition) is 4. The summed E-state index contributed by atoms with van der Waals surface area (Å²) in [6, 6.07) is -0.711. The number of likely N-dealkylation sites (tertiary alicyclic amines) is 1. The minimum Gasteiger partial charge on any atom is -0.480 e. The lowest BCUT2D eigenvalue weighted by Gasteiger charge is -2.43. The van der Waals surface area contributed by atoms with Gasteiger partial charge in [0.25, 0.3) is 0 Å². The second-order valence-electron chi connectivity index (χ2n) is 6.08. The van der Waals surface area contributed by atoms with Crippen LogP contribution in [0.2, 0.25) is 0 Å². The van der Waals surface area contributed by atoms with Gasteiger partial charge in [-0.15, -0.1) is 0 Å². The standard InChI is InChI=1S/C14H24N2O4/c1-10-2-5-16(11(8-10)12(17)18)13(19)14(9-15)3-6-20-7-4-14/h10-11H,2-9,15H2,1H3,(H,17,18). The van der Waals surface area contributed by atoms with Gasteiger partial charge in [-0.05, 0) is 31.6 Å². The van der Waals surface area contributed by atoms with Crippen molar-refractivity contribution in [1.29, 1.82) is 0 Å². The number of carboxylic acid groups (broad SMARTS) is 1. The van der Waals surface area contributed by atoms with Crippen molar-refractivity contribution in [1.82, 2.24) is 4.90 Å². The minimum absolute atomic E-state index is 0.0948. The van der Waals surface area contributed by atoms with Crippen LogP contribution >= 0.6 is 0 Å². The molecule has 0 saturated carbocycles. The Labute approximate surface area is 119 Å². The van der Waals surface area contributed by atoms with E-state index < -0.39 is 17.4 Å². The van der Waals surface area contributed by atoms with Crippen LogP contribution in [-0.4, -0.2) is 54.2 Å². The maximum absolute atomic E-state index is 12.9. The number of amides is 1. The summed E-state index contributed by atoms with van der Waals surface area (Å²) in [6.07, 6.45) is 2.55. The number of carboxylic acids is 1. The normalized spacial score (nSPS) is 30.0. The summed E-state index contributed by atoms with van der Waals surface area (Å²) in [5.41, 5.74) is 5.21. The van der Waals surface area contributed by atoms with Crippen LogP contribution in [0.4, 0.5) is 0 Å². The van der Waals surface area contributed by atoms with Gasteiger partial charge in [0.05, 0.1) is 5.41 Å². The molecule has 6 heteroatoms. The lowest BCUT2D eigenvalue weighted by molar-refractivity contribution is -0.161. The number of carbonyl (C=O) groups is 2. The number of rotatable bonds is 3. The zero-order chi connectivity index (χ0) is 14.8. The molecule has 2 fully saturated rings. The molecule has 2 aliphatic rings. The third-order valence-corrected chi connectivity index (χ3v) is 4.70. The molecule has 0 spiro atoms. The fourth-order valence-corrected chi connectivity index (χ4v) is 3.19. The zero-order valence-electron chi connectivity index (χ0n) is 12.0. The molecule has 2 atom stereocenters. The summed E-state index contributed by atoms with van der Waals surface area (Å²) in [7, 11) is 0. The van der Waals surface area contributed by atoms with Gasteiger partial charge < -0.3 is 20.5 Å². The van der Waals surface area contributed by atoms with Crippen molar-refractivity contribution in [2.75, 3.05) is 26.3 Å². The van der Waals surface area contributed by atoms with Crippen LogP contribution in [0.5, 0.6) is 0 Å². The molecule has 0 aromatic rings. The summed E-state index contributed by atoms with van der Waals surface area (Å²) in [6.45, 7) is 3.84. The van der Waals surface area contributed by atoms with Gasteiger partial charge in [0.1, 0.15) is 6.04 Å². The van der Waals surface area contributed by atoms with Gasteiger partial charge in [-0.1, -0.05) is 6.92 Å². The van der Waals surface area contributed by atoms with Crippen LogP contribution in [-0.2, 0) is 14.3 Å². The molecule has 0 bridgehead atoms. The van der Waals surface area contributed by atoms with Crippen LogP contribution in [0, 0.1) is 11.3 Å². The Bertz CT molecular complexity index is 379. The monoisotopic (exact) mass is 284 g/mol. The number of ether oxygens (including phenoxy) is 1. The zero-order valence-corrected chi connectivity index (χ0v) is 12.0. The molecule has 3 N–H and O–H groups in total. The molecule has 2 aliphatic heterocycles. The van der Waals surface area contributed by atoms with E-state index in [-0.39, 0.29) is 12.5 Å². The number of carbonyl (C=O) groups excluding carboxylic acids is 1. The molecule has 20 heavy (non-hydrogen) atoms. The van der Waals surface area contributed by atoms with E-state index in [0.717, 1.165) is 6.42 Å². The lowest BCUT2D eigenvalue weighted by Crippen LogP contribution is -2.57. The van der Waals surface area contributed by atoms with Crippen molar-refractivity contribution in [3.05, 3.63) is 0 Å². The predicted molar refractivity (Wildman–Crippen MR) is 73.1 cm³/mol. The Morgan fingerprint density at radius 1 is 1.40 bits per heavy atom. The first kappa shape index (κ1) is 15.3. The van der Waals surface area contributed by atoms with E-state index >= 15 is 0 Å². The Hall–Kier alpha value is -1.14. The Balaban J connectivity index is 2.18. The second-order valence-corrected chi connectivity index (χ2v) is 6.08. The number of aliphatic carboxylic acids is 1. The summed E-state index contributed by atoms with van der Waals surface area (Å²) in [4.78, 5) is 25.8. The van der Waals surface area contributed by atoms with Gasteiger partial charge in [0.2, 0.25) is 5.91 Å². The molecule has 6 nitrogen and oxygen atoms in total. The van der Waals surface area contributed by atoms with Crippen molar-refractivity contribution < 1.29 is 19.4 Å². The number of nitrogens with two attached hydrogens (primary N) is 1. The van der Waals surface area contributed by atoms with Crippen LogP contribution in [0.3, 0.4) is 0 Å². The smallest absolute Gasteiger partial charge is 0.326 e. The largest absolute Gasteiger partial charge is 0.480 e. The van der Waals surface area contributed by atoms with Gasteiger partial charge in [-0.2, -0.15) is 0 Å². The van der Waals surface area contributed by atoms with Gasteiger partial charge in [0.15, 0.2) is 0 Å². The first-order valence-electron chi connectivity index (χ1n) is 7.32. The third-order valence-electron chi connectivity index (χ3n) is 4.70.